The summed E-state index contributed by atoms with van der Waals surface area (Å²) < 4.78 is 50.1. The molecule has 6 nitrogen and oxygen atoms in total. The van der Waals surface area contributed by atoms with Crippen molar-refractivity contribution >= 4 is 17.5 Å². The van der Waals surface area contributed by atoms with Crippen molar-refractivity contribution < 1.29 is 22.7 Å². The predicted octanol–water partition coefficient (Wildman–Crippen LogP) is 6.24. The molecule has 1 saturated carbocycles. The van der Waals surface area contributed by atoms with Gasteiger partial charge in [0, 0.05) is 61.2 Å². The molecule has 3 aromatic rings. The van der Waals surface area contributed by atoms with Crippen LogP contribution in [0.5, 0.6) is 0 Å². The van der Waals surface area contributed by atoms with Crippen molar-refractivity contribution in [2.75, 3.05) is 39.4 Å². The van der Waals surface area contributed by atoms with Crippen molar-refractivity contribution in [1.29, 1.82) is 0 Å². The summed E-state index contributed by atoms with van der Waals surface area (Å²) in [7, 11) is 0. The number of hydrogen-bond donors (Lipinski definition) is 0. The molecular weight excluding hydrogens is 565 g/mol. The maximum absolute atomic E-state index is 15.1. The topological polar surface area (TPSA) is 50.6 Å². The van der Waals surface area contributed by atoms with Gasteiger partial charge in [-0.15, -0.1) is 0 Å². The first-order valence-corrected chi connectivity index (χ1v) is 15.1. The van der Waals surface area contributed by atoms with E-state index in [0.717, 1.165) is 43.4 Å². The lowest BCUT2D eigenvalue weighted by Gasteiger charge is -2.41. The summed E-state index contributed by atoms with van der Waals surface area (Å²) in [6, 6.07) is 10.3. The Balaban J connectivity index is 1.21. The molecule has 3 aliphatic rings. The fourth-order valence-electron chi connectivity index (χ4n) is 7.33. The van der Waals surface area contributed by atoms with Gasteiger partial charge in [-0.25, -0.2) is 17.9 Å². The fraction of sp³-hybridized carbons (Fsp3) is 0.500. The number of nitrogens with zero attached hydrogens (tertiary/aromatic N) is 4. The minimum atomic E-state index is -0.618. The summed E-state index contributed by atoms with van der Waals surface area (Å²) in [5.41, 5.74) is 2.68. The summed E-state index contributed by atoms with van der Waals surface area (Å²) >= 11 is 6.06. The second-order valence-corrected chi connectivity index (χ2v) is 12.6. The van der Waals surface area contributed by atoms with Crippen molar-refractivity contribution in [3.8, 4) is 5.69 Å². The first-order valence-electron chi connectivity index (χ1n) is 14.7. The minimum absolute atomic E-state index is 0.0363. The smallest absolute Gasteiger partial charge is 0.226 e. The van der Waals surface area contributed by atoms with E-state index in [1.165, 1.54) is 18.2 Å². The van der Waals surface area contributed by atoms with Gasteiger partial charge >= 0.3 is 0 Å². The molecule has 3 atom stereocenters. The second-order valence-electron chi connectivity index (χ2n) is 12.2. The molecule has 1 amide bonds. The van der Waals surface area contributed by atoms with Gasteiger partial charge < -0.3 is 9.64 Å². The Morgan fingerprint density at radius 2 is 1.71 bits per heavy atom. The van der Waals surface area contributed by atoms with Gasteiger partial charge in [0.1, 0.15) is 17.5 Å². The lowest BCUT2D eigenvalue weighted by Crippen LogP contribution is -2.50. The fourth-order valence-corrected chi connectivity index (χ4v) is 7.50. The molecule has 1 unspecified atom stereocenters. The van der Waals surface area contributed by atoms with Gasteiger partial charge in [-0.2, -0.15) is 5.10 Å². The highest BCUT2D eigenvalue weighted by Crippen LogP contribution is 2.50. The number of ether oxygens (including phenoxy) is 1. The molecule has 3 heterocycles. The third-order valence-electron chi connectivity index (χ3n) is 9.49. The highest BCUT2D eigenvalue weighted by atomic mass is 35.5. The van der Waals surface area contributed by atoms with Gasteiger partial charge in [-0.05, 0) is 75.4 Å². The van der Waals surface area contributed by atoms with Crippen LogP contribution in [-0.4, -0.2) is 70.4 Å². The zero-order valence-corrected chi connectivity index (χ0v) is 24.7. The highest BCUT2D eigenvalue weighted by molar-refractivity contribution is 6.30. The number of morpholine rings is 1. The highest BCUT2D eigenvalue weighted by Gasteiger charge is 2.50. The standard InChI is InChI=1S/C32H36ClF3N4O2/c1-20-15-30(40(37-20)23-4-6-28(35)27(33)17-23)21-7-9-38(10-8-21)31(41)26-19-32(2,39-11-13-42-14-12-39)18-25(26)24-5-3-22(34)16-29(24)36/h3-6,15-17,21,25-26H,7-14,18-19H2,1-2H3/t25-,26+,32?/m0/s1. The summed E-state index contributed by atoms with van der Waals surface area (Å²) in [5.74, 6) is -2.23. The Labute approximate surface area is 249 Å². The molecule has 0 bridgehead atoms. The Morgan fingerprint density at radius 3 is 2.40 bits per heavy atom. The summed E-state index contributed by atoms with van der Waals surface area (Å²) in [6.07, 6.45) is 2.73. The van der Waals surface area contributed by atoms with Crippen LogP contribution in [0.3, 0.4) is 0 Å². The lowest BCUT2D eigenvalue weighted by molar-refractivity contribution is -0.137. The quantitative estimate of drug-likeness (QED) is 0.348. The number of benzene rings is 2. The number of piperidine rings is 1. The van der Waals surface area contributed by atoms with E-state index in [0.29, 0.717) is 50.4 Å². The lowest BCUT2D eigenvalue weighted by atomic mass is 9.86. The molecule has 2 aliphatic heterocycles. The van der Waals surface area contributed by atoms with E-state index in [2.05, 4.69) is 16.9 Å². The number of halogens is 4. The number of amides is 1. The van der Waals surface area contributed by atoms with E-state index >= 15 is 4.39 Å². The Bertz CT molecular complexity index is 1470. The Kier molecular flexibility index (Phi) is 8.11. The van der Waals surface area contributed by atoms with Crippen molar-refractivity contribution in [2.45, 2.75) is 56.9 Å². The van der Waals surface area contributed by atoms with Gasteiger partial charge in [0.15, 0.2) is 0 Å². The van der Waals surface area contributed by atoms with Gasteiger partial charge in [0.25, 0.3) is 0 Å². The molecule has 10 heteroatoms. The van der Waals surface area contributed by atoms with Gasteiger partial charge in [-0.3, -0.25) is 9.69 Å². The van der Waals surface area contributed by atoms with Crippen LogP contribution < -0.4 is 0 Å². The molecule has 42 heavy (non-hydrogen) atoms. The van der Waals surface area contributed by atoms with Crippen LogP contribution >= 0.6 is 11.6 Å². The van der Waals surface area contributed by atoms with Crippen molar-refractivity contribution in [3.05, 3.63) is 81.9 Å². The number of aryl methyl sites for hydroxylation is 1. The van der Waals surface area contributed by atoms with Gasteiger partial charge in [0.2, 0.25) is 5.91 Å². The van der Waals surface area contributed by atoms with E-state index in [9.17, 15) is 13.6 Å². The third kappa shape index (κ3) is 5.58. The molecule has 2 saturated heterocycles. The zero-order chi connectivity index (χ0) is 29.6. The van der Waals surface area contributed by atoms with Crippen LogP contribution in [0.2, 0.25) is 5.02 Å². The number of carbonyl (C=O) groups excluding carboxylic acids is 1. The average Bonchev–Trinajstić information content (AvgIpc) is 3.55. The summed E-state index contributed by atoms with van der Waals surface area (Å²) in [4.78, 5) is 18.4. The molecule has 0 spiro atoms. The Morgan fingerprint density at radius 1 is 0.976 bits per heavy atom. The van der Waals surface area contributed by atoms with Crippen molar-refractivity contribution in [3.63, 3.8) is 0 Å². The first kappa shape index (κ1) is 29.2. The molecule has 1 aromatic heterocycles. The van der Waals surface area contributed by atoms with Crippen molar-refractivity contribution in [1.82, 2.24) is 19.6 Å². The monoisotopic (exact) mass is 600 g/mol. The first-order chi connectivity index (χ1) is 20.1. The average molecular weight is 601 g/mol. The number of hydrogen-bond acceptors (Lipinski definition) is 4. The Hall–Kier alpha value is -2.88. The van der Waals surface area contributed by atoms with Crippen LogP contribution in [0.25, 0.3) is 5.69 Å². The third-order valence-corrected chi connectivity index (χ3v) is 9.78. The summed E-state index contributed by atoms with van der Waals surface area (Å²) in [6.45, 7) is 8.04. The molecular formula is C32H36ClF3N4O2. The van der Waals surface area contributed by atoms with E-state index in [1.54, 1.807) is 12.1 Å². The predicted molar refractivity (Wildman–Crippen MR) is 154 cm³/mol. The zero-order valence-electron chi connectivity index (χ0n) is 24.0. The molecule has 1 aliphatic carbocycles. The van der Waals surface area contributed by atoms with E-state index in [1.807, 2.05) is 22.6 Å². The number of carbonyl (C=O) groups is 1. The SMILES string of the molecule is Cc1cc(C2CCN(C(=O)[C@@H]3CC(C)(N4CCOCC4)C[C@H]3c3ccc(F)cc3F)CC2)n(-c2ccc(F)c(Cl)c2)n1. The maximum atomic E-state index is 15.1. The van der Waals surface area contributed by atoms with E-state index in [4.69, 9.17) is 16.3 Å². The van der Waals surface area contributed by atoms with Gasteiger partial charge in [0.05, 0.1) is 29.6 Å². The molecule has 224 valence electrons. The van der Waals surface area contributed by atoms with Crippen LogP contribution in [0.15, 0.2) is 42.5 Å². The van der Waals surface area contributed by atoms with Crippen LogP contribution in [0.4, 0.5) is 13.2 Å². The van der Waals surface area contributed by atoms with Crippen LogP contribution in [0, 0.1) is 30.3 Å². The number of likely N-dealkylation sites (tertiary alicyclic amines) is 1. The normalized spacial score (nSPS) is 25.7. The molecule has 0 N–H and O–H groups in total. The molecule has 6 rings (SSSR count). The van der Waals surface area contributed by atoms with Crippen LogP contribution in [0.1, 0.15) is 61.4 Å². The maximum Gasteiger partial charge on any atom is 0.226 e. The molecule has 2 aromatic carbocycles. The van der Waals surface area contributed by atoms with Crippen LogP contribution in [-0.2, 0) is 9.53 Å². The number of rotatable bonds is 5. The van der Waals surface area contributed by atoms with Crippen molar-refractivity contribution in [2.24, 2.45) is 5.92 Å². The van der Waals surface area contributed by atoms with E-state index < -0.39 is 23.4 Å². The minimum Gasteiger partial charge on any atom is -0.379 e. The molecule has 0 radical (unpaired) electrons. The largest absolute Gasteiger partial charge is 0.379 e. The second kappa shape index (κ2) is 11.7. The molecule has 3 fully saturated rings. The van der Waals surface area contributed by atoms with Gasteiger partial charge in [-0.1, -0.05) is 17.7 Å². The summed E-state index contributed by atoms with van der Waals surface area (Å²) in [5, 5.41) is 4.68. The van der Waals surface area contributed by atoms with E-state index in [-0.39, 0.29) is 28.3 Å². The number of aromatic nitrogens is 2.